The number of hydrogen-bond donors (Lipinski definition) is 1. The molecule has 11 rings (SSSR count). The van der Waals surface area contributed by atoms with Gasteiger partial charge in [0.15, 0.2) is 0 Å². The Balaban J connectivity index is 1.12. The number of aromatic nitrogens is 1. The Labute approximate surface area is 318 Å². The van der Waals surface area contributed by atoms with Crippen LogP contribution in [0, 0.1) is 0 Å². The summed E-state index contributed by atoms with van der Waals surface area (Å²) in [6, 6.07) is 64.8. The van der Waals surface area contributed by atoms with Crippen molar-refractivity contribution >= 4 is 70.4 Å². The van der Waals surface area contributed by atoms with E-state index in [4.69, 9.17) is 0 Å². The molecule has 0 atom stereocenters. The number of para-hydroxylation sites is 2. The van der Waals surface area contributed by atoms with Crippen molar-refractivity contribution in [1.82, 2.24) is 4.98 Å². The van der Waals surface area contributed by atoms with Crippen LogP contribution in [0.3, 0.4) is 0 Å². The van der Waals surface area contributed by atoms with Crippen LogP contribution in [0.5, 0.6) is 0 Å². The van der Waals surface area contributed by atoms with Gasteiger partial charge in [0.1, 0.15) is 0 Å². The second-order valence-corrected chi connectivity index (χ2v) is 16.1. The number of thiophene rings is 1. The topological polar surface area (TPSA) is 19.0 Å². The van der Waals surface area contributed by atoms with Crippen LogP contribution >= 0.6 is 11.3 Å². The Morgan fingerprint density at radius 1 is 0.444 bits per heavy atom. The normalized spacial score (nSPS) is 13.1. The van der Waals surface area contributed by atoms with Gasteiger partial charge in [-0.05, 0) is 93.5 Å². The number of anilines is 3. The lowest BCUT2D eigenvalue weighted by molar-refractivity contribution is 0.660. The van der Waals surface area contributed by atoms with Gasteiger partial charge in [-0.15, -0.1) is 11.3 Å². The first-order valence-electron chi connectivity index (χ1n) is 18.7. The molecule has 10 aromatic rings. The molecule has 0 saturated carbocycles. The number of hydrogen-bond acceptors (Lipinski definition) is 2. The van der Waals surface area contributed by atoms with Crippen LogP contribution in [0.25, 0.3) is 75.4 Å². The van der Waals surface area contributed by atoms with Crippen LogP contribution in [-0.2, 0) is 5.41 Å². The highest BCUT2D eigenvalue weighted by Crippen LogP contribution is 2.51. The van der Waals surface area contributed by atoms with Crippen molar-refractivity contribution in [2.75, 3.05) is 4.90 Å². The van der Waals surface area contributed by atoms with Crippen LogP contribution in [0.2, 0.25) is 0 Å². The highest BCUT2D eigenvalue weighted by Gasteiger charge is 2.35. The lowest BCUT2D eigenvalue weighted by Crippen LogP contribution is -2.16. The lowest BCUT2D eigenvalue weighted by Gasteiger charge is -2.28. The molecule has 0 amide bonds. The molecule has 2 aromatic heterocycles. The largest absolute Gasteiger partial charge is 0.354 e. The Bertz CT molecular complexity index is 3070. The predicted octanol–water partition coefficient (Wildman–Crippen LogP) is 14.8. The average molecular weight is 709 g/mol. The van der Waals surface area contributed by atoms with Crippen molar-refractivity contribution in [3.63, 3.8) is 0 Å². The number of benzene rings is 8. The van der Waals surface area contributed by atoms with Crippen molar-refractivity contribution in [3.05, 3.63) is 187 Å². The summed E-state index contributed by atoms with van der Waals surface area (Å²) in [4.78, 5) is 6.21. The van der Waals surface area contributed by atoms with Crippen LogP contribution in [0.1, 0.15) is 25.0 Å². The minimum atomic E-state index is -0.100. The van der Waals surface area contributed by atoms with Crippen molar-refractivity contribution < 1.29 is 0 Å². The summed E-state index contributed by atoms with van der Waals surface area (Å²) in [7, 11) is 0. The highest BCUT2D eigenvalue weighted by molar-refractivity contribution is 7.26. The van der Waals surface area contributed by atoms with Gasteiger partial charge in [-0.2, -0.15) is 0 Å². The zero-order valence-electron chi connectivity index (χ0n) is 30.1. The van der Waals surface area contributed by atoms with E-state index in [-0.39, 0.29) is 5.41 Å². The summed E-state index contributed by atoms with van der Waals surface area (Å²) >= 11 is 1.87. The van der Waals surface area contributed by atoms with E-state index in [1.807, 2.05) is 11.3 Å². The summed E-state index contributed by atoms with van der Waals surface area (Å²) < 4.78 is 2.58. The molecule has 0 saturated heterocycles. The third-order valence-electron chi connectivity index (χ3n) is 11.6. The molecule has 1 aliphatic carbocycles. The molecule has 3 heteroatoms. The fraction of sp³-hybridized carbons (Fsp3) is 0.0588. The minimum absolute atomic E-state index is 0.100. The zero-order chi connectivity index (χ0) is 36.0. The number of fused-ring (bicyclic) bond motifs is 9. The van der Waals surface area contributed by atoms with E-state index in [1.165, 1.54) is 86.5 Å². The van der Waals surface area contributed by atoms with Gasteiger partial charge in [-0.25, -0.2) is 0 Å². The van der Waals surface area contributed by atoms with E-state index in [0.29, 0.717) is 0 Å². The first-order chi connectivity index (χ1) is 26.5. The average Bonchev–Trinajstić information content (AvgIpc) is 3.86. The lowest BCUT2D eigenvalue weighted by atomic mass is 9.82. The molecular formula is C51H36N2S. The predicted molar refractivity (Wildman–Crippen MR) is 232 cm³/mol. The van der Waals surface area contributed by atoms with Gasteiger partial charge < -0.3 is 9.88 Å². The first kappa shape index (κ1) is 31.1. The van der Waals surface area contributed by atoms with E-state index in [9.17, 15) is 0 Å². The summed E-state index contributed by atoms with van der Waals surface area (Å²) in [6.45, 7) is 4.72. The van der Waals surface area contributed by atoms with Gasteiger partial charge >= 0.3 is 0 Å². The van der Waals surface area contributed by atoms with Gasteiger partial charge in [0.25, 0.3) is 0 Å². The molecule has 0 radical (unpaired) electrons. The molecule has 8 aromatic carbocycles. The minimum Gasteiger partial charge on any atom is -0.354 e. The monoisotopic (exact) mass is 708 g/mol. The van der Waals surface area contributed by atoms with Gasteiger partial charge in [0.05, 0.1) is 5.52 Å². The smallest absolute Gasteiger partial charge is 0.0544 e. The third-order valence-corrected chi connectivity index (χ3v) is 12.8. The molecule has 0 bridgehead atoms. The second-order valence-electron chi connectivity index (χ2n) is 15.0. The molecule has 256 valence electrons. The summed E-state index contributed by atoms with van der Waals surface area (Å²) in [5.74, 6) is 0. The molecule has 0 unspecified atom stereocenters. The van der Waals surface area contributed by atoms with Crippen LogP contribution in [0.4, 0.5) is 17.1 Å². The molecule has 2 heterocycles. The van der Waals surface area contributed by atoms with E-state index in [1.54, 1.807) is 0 Å². The Hall–Kier alpha value is -6.42. The van der Waals surface area contributed by atoms with E-state index in [0.717, 1.165) is 17.1 Å². The van der Waals surface area contributed by atoms with Crippen LogP contribution < -0.4 is 4.90 Å². The maximum atomic E-state index is 3.77. The Morgan fingerprint density at radius 2 is 1.09 bits per heavy atom. The van der Waals surface area contributed by atoms with Crippen LogP contribution in [0.15, 0.2) is 176 Å². The molecule has 2 nitrogen and oxygen atoms in total. The molecule has 0 spiro atoms. The first-order valence-corrected chi connectivity index (χ1v) is 19.5. The van der Waals surface area contributed by atoms with Gasteiger partial charge in [-0.1, -0.05) is 135 Å². The van der Waals surface area contributed by atoms with Crippen molar-refractivity contribution in [3.8, 4) is 33.4 Å². The Morgan fingerprint density at radius 3 is 1.98 bits per heavy atom. The highest BCUT2D eigenvalue weighted by atomic mass is 32.1. The molecule has 0 aliphatic heterocycles. The maximum absolute atomic E-state index is 3.77. The SMILES string of the molecule is CC1(C)c2ccccc2-c2ccc(N(c3ccc(-c4ccccc4)cc3)c3ccc4sc5cccc(-c6cccc7c6[nH]c6ccccc67)c5c4c3)cc21. The van der Waals surface area contributed by atoms with E-state index < -0.39 is 0 Å². The summed E-state index contributed by atoms with van der Waals surface area (Å²) in [5, 5.41) is 5.09. The van der Waals surface area contributed by atoms with Crippen molar-refractivity contribution in [2.45, 2.75) is 19.3 Å². The molecule has 0 fully saturated rings. The van der Waals surface area contributed by atoms with Crippen molar-refractivity contribution in [1.29, 1.82) is 0 Å². The third kappa shape index (κ3) is 4.65. The summed E-state index contributed by atoms with van der Waals surface area (Å²) in [5.41, 5.74) is 16.0. The molecule has 1 aliphatic rings. The fourth-order valence-electron chi connectivity index (χ4n) is 8.99. The zero-order valence-corrected chi connectivity index (χ0v) is 30.9. The molecule has 54 heavy (non-hydrogen) atoms. The van der Waals surface area contributed by atoms with Crippen molar-refractivity contribution in [2.24, 2.45) is 0 Å². The van der Waals surface area contributed by atoms with Crippen LogP contribution in [-0.4, -0.2) is 4.98 Å². The summed E-state index contributed by atoms with van der Waals surface area (Å²) in [6.07, 6.45) is 0. The number of rotatable bonds is 5. The number of aromatic amines is 1. The second kappa shape index (κ2) is 11.8. The number of nitrogens with one attached hydrogen (secondary N) is 1. The number of H-pyrrole nitrogens is 1. The van der Waals surface area contributed by atoms with Gasteiger partial charge in [0.2, 0.25) is 0 Å². The maximum Gasteiger partial charge on any atom is 0.0544 e. The quantitative estimate of drug-likeness (QED) is 0.189. The van der Waals surface area contributed by atoms with Gasteiger partial charge in [-0.3, -0.25) is 0 Å². The Kier molecular flexibility index (Phi) is 6.80. The number of nitrogens with zero attached hydrogens (tertiary/aromatic N) is 1. The van der Waals surface area contributed by atoms with Gasteiger partial charge in [0, 0.05) is 64.5 Å². The van der Waals surface area contributed by atoms with E-state index >= 15 is 0 Å². The standard InChI is InChI=1S/C51H36N2S/c1-51(2)44-19-8-6-14-37(44)38-28-26-36(31-45(38)51)53(34-24-22-33(23-25-34)32-12-4-3-5-13-32)35-27-29-47-43(30-35)49-40(16-11-21-48(49)54-47)42-18-10-17-41-39-15-7-9-20-46(39)52-50(41)42/h3-31,52H,1-2H3. The molecule has 1 N–H and O–H groups in total. The fourth-order valence-corrected chi connectivity index (χ4v) is 10.1. The molecular weight excluding hydrogens is 673 g/mol. The van der Waals surface area contributed by atoms with E-state index in [2.05, 4.69) is 200 Å².